The van der Waals surface area contributed by atoms with E-state index in [9.17, 15) is 0 Å². The van der Waals surface area contributed by atoms with Gasteiger partial charge in [-0.2, -0.15) is 0 Å². The molecule has 1 radical (unpaired) electrons. The van der Waals surface area contributed by atoms with Crippen LogP contribution in [0.4, 0.5) is 0 Å². The van der Waals surface area contributed by atoms with Crippen molar-refractivity contribution < 1.29 is 16.8 Å². The van der Waals surface area contributed by atoms with Crippen molar-refractivity contribution in [2.45, 2.75) is 38.8 Å². The smallest absolute Gasteiger partial charge is 0.0274 e. The van der Waals surface area contributed by atoms with E-state index in [0.717, 1.165) is 0 Å². The third-order valence-electron chi connectivity index (χ3n) is 1.66. The van der Waals surface area contributed by atoms with Crippen molar-refractivity contribution in [2.75, 3.05) is 0 Å². The minimum Gasteiger partial charge on any atom is -0.324 e. The summed E-state index contributed by atoms with van der Waals surface area (Å²) in [5.74, 6) is 0. The molecular formula is C6H17ClCoN2. The maximum absolute atomic E-state index is 5.69. The fraction of sp³-hybridized carbons (Fsp3) is 1.00. The molecule has 0 saturated carbocycles. The minimum atomic E-state index is -0.285. The van der Waals surface area contributed by atoms with E-state index in [0.29, 0.717) is 0 Å². The summed E-state index contributed by atoms with van der Waals surface area (Å²) in [6, 6.07) is 0. The molecule has 0 aromatic carbocycles. The summed E-state index contributed by atoms with van der Waals surface area (Å²) in [6.45, 7) is 7.69. The van der Waals surface area contributed by atoms with Crippen LogP contribution in [0, 0.1) is 0 Å². The first-order chi connectivity index (χ1) is 3.25. The van der Waals surface area contributed by atoms with Gasteiger partial charge in [0.15, 0.2) is 0 Å². The fourth-order valence-electron chi connectivity index (χ4n) is 0. The summed E-state index contributed by atoms with van der Waals surface area (Å²) < 4.78 is 0. The molecule has 0 atom stereocenters. The molecule has 2 nitrogen and oxygen atoms in total. The number of halogens is 1. The molecule has 0 bridgehead atoms. The van der Waals surface area contributed by atoms with Gasteiger partial charge in [0.1, 0.15) is 0 Å². The Balaban J connectivity index is -0.000000245. The van der Waals surface area contributed by atoms with Crippen LogP contribution in [-0.2, 0) is 16.8 Å². The van der Waals surface area contributed by atoms with E-state index in [1.165, 1.54) is 0 Å². The fourth-order valence-corrected chi connectivity index (χ4v) is 0. The van der Waals surface area contributed by atoms with E-state index in [2.05, 4.69) is 0 Å². The molecule has 0 amide bonds. The Morgan fingerprint density at radius 3 is 0.900 bits per heavy atom. The maximum atomic E-state index is 5.69. The molecule has 67 valence electrons. The Labute approximate surface area is 79.7 Å². The predicted molar refractivity (Wildman–Crippen MR) is 43.8 cm³/mol. The molecular weight excluding hydrogens is 194 g/mol. The van der Waals surface area contributed by atoms with Gasteiger partial charge in [0.05, 0.1) is 0 Å². The van der Waals surface area contributed by atoms with E-state index in [1.807, 2.05) is 27.7 Å². The Kier molecular flexibility index (Phi) is 7.76. The summed E-state index contributed by atoms with van der Waals surface area (Å²) in [6.07, 6.45) is 0. The van der Waals surface area contributed by atoms with Crippen molar-refractivity contribution in [1.29, 1.82) is 0 Å². The monoisotopic (exact) mass is 211 g/mol. The molecule has 0 aromatic heterocycles. The van der Waals surface area contributed by atoms with Gasteiger partial charge in [-0.25, -0.2) is 0 Å². The molecule has 4 N–H and O–H groups in total. The Hall–Kier alpha value is 0.716. The van der Waals surface area contributed by atoms with Gasteiger partial charge in [-0.15, -0.1) is 12.4 Å². The number of nitrogens with two attached hydrogens (primary N) is 2. The van der Waals surface area contributed by atoms with Crippen LogP contribution in [0.15, 0.2) is 0 Å². The number of hydrogen-bond acceptors (Lipinski definition) is 2. The van der Waals surface area contributed by atoms with Gasteiger partial charge in [0.25, 0.3) is 0 Å². The molecule has 0 aliphatic carbocycles. The van der Waals surface area contributed by atoms with Gasteiger partial charge in [-0.05, 0) is 27.7 Å². The molecule has 0 aliphatic rings. The Morgan fingerprint density at radius 1 is 0.800 bits per heavy atom. The molecule has 0 rings (SSSR count). The first-order valence-electron chi connectivity index (χ1n) is 2.83. The second-order valence-electron chi connectivity index (χ2n) is 3.44. The first kappa shape index (κ1) is 17.0. The zero-order chi connectivity index (χ0) is 7.00. The molecule has 0 unspecified atom stereocenters. The zero-order valence-corrected chi connectivity index (χ0v) is 8.75. The summed E-state index contributed by atoms with van der Waals surface area (Å²) in [5, 5.41) is 0. The molecule has 0 fully saturated rings. The summed E-state index contributed by atoms with van der Waals surface area (Å²) in [4.78, 5) is 0. The SMILES string of the molecule is CC(C)(N)C(C)(C)N.Cl.[Co]. The van der Waals surface area contributed by atoms with Crippen molar-refractivity contribution in [3.63, 3.8) is 0 Å². The average molecular weight is 212 g/mol. The third kappa shape index (κ3) is 5.50. The van der Waals surface area contributed by atoms with Crippen LogP contribution in [0.3, 0.4) is 0 Å². The van der Waals surface area contributed by atoms with Crippen molar-refractivity contribution in [2.24, 2.45) is 11.5 Å². The van der Waals surface area contributed by atoms with Crippen molar-refractivity contribution in [3.8, 4) is 0 Å². The van der Waals surface area contributed by atoms with Gasteiger partial charge < -0.3 is 11.5 Å². The van der Waals surface area contributed by atoms with Gasteiger partial charge in [0, 0.05) is 27.9 Å². The average Bonchev–Trinajstić information content (AvgIpc) is 1.25. The molecule has 0 spiro atoms. The van der Waals surface area contributed by atoms with Gasteiger partial charge in [0.2, 0.25) is 0 Å². The molecule has 4 heteroatoms. The van der Waals surface area contributed by atoms with Gasteiger partial charge in [-0.1, -0.05) is 0 Å². The van der Waals surface area contributed by atoms with Crippen LogP contribution in [0.1, 0.15) is 27.7 Å². The summed E-state index contributed by atoms with van der Waals surface area (Å²) >= 11 is 0. The first-order valence-corrected chi connectivity index (χ1v) is 2.83. The van der Waals surface area contributed by atoms with E-state index < -0.39 is 0 Å². The number of rotatable bonds is 1. The van der Waals surface area contributed by atoms with Crippen LogP contribution >= 0.6 is 12.4 Å². The minimum absolute atomic E-state index is 0. The van der Waals surface area contributed by atoms with Gasteiger partial charge in [-0.3, -0.25) is 0 Å². The van der Waals surface area contributed by atoms with E-state index >= 15 is 0 Å². The standard InChI is InChI=1S/C6H16N2.ClH.Co/c1-5(2,7)6(3,4)8;;/h7-8H2,1-4H3;1H;. The summed E-state index contributed by atoms with van der Waals surface area (Å²) in [7, 11) is 0. The zero-order valence-electron chi connectivity index (χ0n) is 6.90. The third-order valence-corrected chi connectivity index (χ3v) is 1.66. The molecule has 0 heterocycles. The normalized spacial score (nSPS) is 11.4. The van der Waals surface area contributed by atoms with Crippen LogP contribution < -0.4 is 11.5 Å². The maximum Gasteiger partial charge on any atom is 0.0274 e. The number of hydrogen-bond donors (Lipinski definition) is 2. The molecule has 0 saturated heterocycles. The largest absolute Gasteiger partial charge is 0.324 e. The summed E-state index contributed by atoms with van der Waals surface area (Å²) in [5.41, 5.74) is 10.8. The topological polar surface area (TPSA) is 52.0 Å². The van der Waals surface area contributed by atoms with E-state index in [-0.39, 0.29) is 40.3 Å². The van der Waals surface area contributed by atoms with Crippen molar-refractivity contribution >= 4 is 12.4 Å². The predicted octanol–water partition coefficient (Wildman–Crippen LogP) is 0.880. The van der Waals surface area contributed by atoms with Crippen molar-refractivity contribution in [1.82, 2.24) is 0 Å². The second kappa shape index (κ2) is 4.57. The van der Waals surface area contributed by atoms with Crippen molar-refractivity contribution in [3.05, 3.63) is 0 Å². The molecule has 10 heavy (non-hydrogen) atoms. The van der Waals surface area contributed by atoms with Crippen LogP contribution in [0.5, 0.6) is 0 Å². The molecule has 0 aliphatic heterocycles. The van der Waals surface area contributed by atoms with E-state index in [1.54, 1.807) is 0 Å². The Bertz CT molecular complexity index is 70.7. The Morgan fingerprint density at radius 2 is 0.900 bits per heavy atom. The van der Waals surface area contributed by atoms with E-state index in [4.69, 9.17) is 11.5 Å². The second-order valence-corrected chi connectivity index (χ2v) is 3.44. The van der Waals surface area contributed by atoms with Gasteiger partial charge >= 0.3 is 0 Å². The quantitative estimate of drug-likeness (QED) is 0.677. The van der Waals surface area contributed by atoms with Crippen LogP contribution in [0.25, 0.3) is 0 Å². The van der Waals surface area contributed by atoms with Crippen LogP contribution in [-0.4, -0.2) is 11.1 Å². The molecule has 0 aromatic rings. The van der Waals surface area contributed by atoms with Crippen LogP contribution in [0.2, 0.25) is 0 Å².